The van der Waals surface area contributed by atoms with Crippen LogP contribution in [0.4, 0.5) is 0 Å². The highest BCUT2D eigenvalue weighted by Gasteiger charge is 2.34. The second kappa shape index (κ2) is 7.07. The van der Waals surface area contributed by atoms with Gasteiger partial charge < -0.3 is 10.0 Å². The molecular weight excluding hydrogens is 256 g/mol. The van der Waals surface area contributed by atoms with E-state index >= 15 is 0 Å². The molecule has 0 bridgehead atoms. The van der Waals surface area contributed by atoms with Gasteiger partial charge in [0.15, 0.2) is 0 Å². The van der Waals surface area contributed by atoms with Crippen LogP contribution in [-0.4, -0.2) is 58.5 Å². The summed E-state index contributed by atoms with van der Waals surface area (Å²) in [5.74, 6) is -0.574. The van der Waals surface area contributed by atoms with Gasteiger partial charge in [0.25, 0.3) is 0 Å². The highest BCUT2D eigenvalue weighted by atomic mass is 16.4. The fraction of sp³-hybridized carbons (Fsp3) is 0.867. The lowest BCUT2D eigenvalue weighted by Crippen LogP contribution is -2.60. The zero-order chi connectivity index (χ0) is 14.5. The smallest absolute Gasteiger partial charge is 0.303 e. The first-order chi connectivity index (χ1) is 9.58. The minimum absolute atomic E-state index is 0.166. The van der Waals surface area contributed by atoms with Crippen LogP contribution in [0, 0.1) is 0 Å². The average Bonchev–Trinajstić information content (AvgIpc) is 2.42. The molecule has 20 heavy (non-hydrogen) atoms. The van der Waals surface area contributed by atoms with Crippen molar-refractivity contribution in [2.45, 2.75) is 64.0 Å². The molecule has 2 fully saturated rings. The molecule has 2 aliphatic heterocycles. The zero-order valence-electron chi connectivity index (χ0n) is 12.4. The molecule has 1 N–H and O–H groups in total. The Labute approximate surface area is 120 Å². The van der Waals surface area contributed by atoms with Crippen molar-refractivity contribution in [3.8, 4) is 0 Å². The van der Waals surface area contributed by atoms with E-state index in [1.807, 2.05) is 4.90 Å². The number of hydrogen-bond donors (Lipinski definition) is 1. The summed E-state index contributed by atoms with van der Waals surface area (Å²) < 4.78 is 0. The van der Waals surface area contributed by atoms with E-state index in [-0.39, 0.29) is 18.4 Å². The Balaban J connectivity index is 1.78. The summed E-state index contributed by atoms with van der Waals surface area (Å²) in [4.78, 5) is 27.3. The van der Waals surface area contributed by atoms with E-state index in [1.54, 1.807) is 0 Å². The minimum Gasteiger partial charge on any atom is -0.481 e. The van der Waals surface area contributed by atoms with Crippen molar-refractivity contribution in [1.29, 1.82) is 0 Å². The van der Waals surface area contributed by atoms with Gasteiger partial charge in [-0.15, -0.1) is 0 Å². The summed E-state index contributed by atoms with van der Waals surface area (Å²) in [5, 5.41) is 8.60. The van der Waals surface area contributed by atoms with Gasteiger partial charge in [-0.3, -0.25) is 14.5 Å². The number of carbonyl (C=O) groups is 2. The third-order valence-electron chi connectivity index (χ3n) is 4.54. The summed E-state index contributed by atoms with van der Waals surface area (Å²) in [6, 6.07) is 0.833. The molecule has 2 heterocycles. The van der Waals surface area contributed by atoms with Gasteiger partial charge in [-0.1, -0.05) is 6.42 Å². The van der Waals surface area contributed by atoms with Gasteiger partial charge in [-0.05, 0) is 39.2 Å². The topological polar surface area (TPSA) is 60.9 Å². The minimum atomic E-state index is -0.776. The monoisotopic (exact) mass is 282 g/mol. The molecule has 0 aromatic rings. The lowest BCUT2D eigenvalue weighted by atomic mass is 9.96. The Bertz CT molecular complexity index is 359. The highest BCUT2D eigenvalue weighted by molar-refractivity contribution is 5.76. The molecule has 2 rings (SSSR count). The predicted molar refractivity (Wildman–Crippen MR) is 76.5 cm³/mol. The van der Waals surface area contributed by atoms with Crippen LogP contribution in [0.3, 0.4) is 0 Å². The SMILES string of the molecule is CC1CN2CCCCC2CN1C(=O)CCCCC(=O)O. The van der Waals surface area contributed by atoms with E-state index in [2.05, 4.69) is 11.8 Å². The van der Waals surface area contributed by atoms with Crippen LogP contribution >= 0.6 is 0 Å². The molecule has 0 aromatic carbocycles. The lowest BCUT2D eigenvalue weighted by molar-refractivity contribution is -0.139. The van der Waals surface area contributed by atoms with E-state index in [0.717, 1.165) is 13.1 Å². The maximum Gasteiger partial charge on any atom is 0.303 e. The van der Waals surface area contributed by atoms with Crippen LogP contribution in [0.2, 0.25) is 0 Å². The van der Waals surface area contributed by atoms with Crippen LogP contribution < -0.4 is 0 Å². The number of carboxylic acid groups (broad SMARTS) is 1. The van der Waals surface area contributed by atoms with Crippen molar-refractivity contribution in [2.24, 2.45) is 0 Å². The number of amides is 1. The molecule has 0 aromatic heterocycles. The molecule has 0 radical (unpaired) electrons. The normalized spacial score (nSPS) is 27.1. The Kier molecular flexibility index (Phi) is 5.40. The van der Waals surface area contributed by atoms with Gasteiger partial charge in [-0.2, -0.15) is 0 Å². The van der Waals surface area contributed by atoms with Crippen molar-refractivity contribution in [1.82, 2.24) is 9.80 Å². The lowest BCUT2D eigenvalue weighted by Gasteiger charge is -2.47. The zero-order valence-corrected chi connectivity index (χ0v) is 12.4. The first-order valence-corrected chi connectivity index (χ1v) is 7.83. The number of unbranched alkanes of at least 4 members (excludes halogenated alkanes) is 1. The fourth-order valence-electron chi connectivity index (χ4n) is 3.40. The van der Waals surface area contributed by atoms with Gasteiger partial charge in [0, 0.05) is 38.0 Å². The number of piperidine rings is 1. The molecule has 2 saturated heterocycles. The van der Waals surface area contributed by atoms with E-state index in [9.17, 15) is 9.59 Å². The average molecular weight is 282 g/mol. The molecule has 2 unspecified atom stereocenters. The maximum atomic E-state index is 12.3. The molecule has 2 atom stereocenters. The number of piperazine rings is 1. The van der Waals surface area contributed by atoms with Gasteiger partial charge in [0.1, 0.15) is 0 Å². The summed E-state index contributed by atoms with van der Waals surface area (Å²) >= 11 is 0. The van der Waals surface area contributed by atoms with Gasteiger partial charge in [0.2, 0.25) is 5.91 Å². The van der Waals surface area contributed by atoms with Gasteiger partial charge >= 0.3 is 5.97 Å². The van der Waals surface area contributed by atoms with Crippen molar-refractivity contribution in [3.63, 3.8) is 0 Å². The highest BCUT2D eigenvalue weighted by Crippen LogP contribution is 2.24. The first-order valence-electron chi connectivity index (χ1n) is 7.83. The molecular formula is C15H26N2O3. The summed E-state index contributed by atoms with van der Waals surface area (Å²) in [6.07, 6.45) is 5.70. The quantitative estimate of drug-likeness (QED) is 0.780. The largest absolute Gasteiger partial charge is 0.481 e. The van der Waals surface area contributed by atoms with E-state index in [4.69, 9.17) is 5.11 Å². The number of aliphatic carboxylic acids is 1. The predicted octanol–water partition coefficient (Wildman–Crippen LogP) is 1.72. The Morgan fingerprint density at radius 2 is 1.90 bits per heavy atom. The van der Waals surface area contributed by atoms with Crippen molar-refractivity contribution in [3.05, 3.63) is 0 Å². The van der Waals surface area contributed by atoms with Crippen molar-refractivity contribution >= 4 is 11.9 Å². The van der Waals surface area contributed by atoms with E-state index in [0.29, 0.717) is 25.3 Å². The van der Waals surface area contributed by atoms with Gasteiger partial charge in [-0.25, -0.2) is 0 Å². The Morgan fingerprint density at radius 1 is 1.15 bits per heavy atom. The molecule has 114 valence electrons. The standard InChI is InChI=1S/C15H26N2O3/c1-12-10-16-9-5-4-6-13(16)11-17(12)14(18)7-2-3-8-15(19)20/h12-13H,2-11H2,1H3,(H,19,20). The number of rotatable bonds is 5. The number of carbonyl (C=O) groups excluding carboxylic acids is 1. The van der Waals surface area contributed by atoms with Crippen LogP contribution in [0.1, 0.15) is 51.9 Å². The molecule has 5 heteroatoms. The molecule has 5 nitrogen and oxygen atoms in total. The Morgan fingerprint density at radius 3 is 2.65 bits per heavy atom. The number of fused-ring (bicyclic) bond motifs is 1. The number of carboxylic acids is 1. The van der Waals surface area contributed by atoms with Gasteiger partial charge in [0.05, 0.1) is 0 Å². The second-order valence-electron chi connectivity index (χ2n) is 6.14. The number of nitrogens with zero attached hydrogens (tertiary/aromatic N) is 2. The summed E-state index contributed by atoms with van der Waals surface area (Å²) in [5.41, 5.74) is 0. The van der Waals surface area contributed by atoms with Crippen LogP contribution in [0.25, 0.3) is 0 Å². The maximum absolute atomic E-state index is 12.3. The molecule has 0 spiro atoms. The van der Waals surface area contributed by atoms with Crippen molar-refractivity contribution in [2.75, 3.05) is 19.6 Å². The van der Waals surface area contributed by atoms with Crippen LogP contribution in [0.5, 0.6) is 0 Å². The molecule has 2 aliphatic rings. The third-order valence-corrected chi connectivity index (χ3v) is 4.54. The summed E-state index contributed by atoms with van der Waals surface area (Å²) in [7, 11) is 0. The van der Waals surface area contributed by atoms with E-state index in [1.165, 1.54) is 25.8 Å². The number of hydrogen-bond acceptors (Lipinski definition) is 3. The second-order valence-corrected chi connectivity index (χ2v) is 6.14. The molecule has 0 aliphatic carbocycles. The summed E-state index contributed by atoms with van der Waals surface area (Å²) in [6.45, 7) is 5.15. The molecule has 1 amide bonds. The third kappa shape index (κ3) is 3.95. The Hall–Kier alpha value is -1.10. The fourth-order valence-corrected chi connectivity index (χ4v) is 3.40. The molecule has 0 saturated carbocycles. The first kappa shape index (κ1) is 15.3. The van der Waals surface area contributed by atoms with Crippen LogP contribution in [-0.2, 0) is 9.59 Å². The van der Waals surface area contributed by atoms with E-state index < -0.39 is 5.97 Å². The van der Waals surface area contributed by atoms with Crippen LogP contribution in [0.15, 0.2) is 0 Å². The van der Waals surface area contributed by atoms with Crippen molar-refractivity contribution < 1.29 is 14.7 Å².